The summed E-state index contributed by atoms with van der Waals surface area (Å²) in [5.41, 5.74) is 0.290. The molecule has 0 radical (unpaired) electrons. The zero-order chi connectivity index (χ0) is 23.5. The molecule has 0 aliphatic rings. The number of hydrogen-bond acceptors (Lipinski definition) is 5. The molecule has 0 spiro atoms. The predicted octanol–water partition coefficient (Wildman–Crippen LogP) is 3.47. The molecule has 0 amide bonds. The molecule has 3 N–H and O–H groups in total. The van der Waals surface area contributed by atoms with Gasteiger partial charge in [0, 0.05) is 23.8 Å². The summed E-state index contributed by atoms with van der Waals surface area (Å²) in [5, 5.41) is 32.3. The van der Waals surface area contributed by atoms with Gasteiger partial charge in [-0.15, -0.1) is 0 Å². The fourth-order valence-electron chi connectivity index (χ4n) is 4.09. The van der Waals surface area contributed by atoms with Crippen LogP contribution in [-0.4, -0.2) is 46.4 Å². The lowest BCUT2D eigenvalue weighted by atomic mass is 10.0. The van der Waals surface area contributed by atoms with E-state index >= 15 is 0 Å². The van der Waals surface area contributed by atoms with E-state index < -0.39 is 25.0 Å². The van der Waals surface area contributed by atoms with E-state index in [1.165, 1.54) is 0 Å². The molecule has 0 saturated heterocycles. The van der Waals surface area contributed by atoms with Crippen molar-refractivity contribution >= 4 is 17.8 Å². The number of aliphatic hydroxyl groups is 3. The lowest BCUT2D eigenvalue weighted by Gasteiger charge is -2.34. The Morgan fingerprint density at radius 1 is 0.758 bits per heavy atom. The van der Waals surface area contributed by atoms with Crippen LogP contribution in [0.3, 0.4) is 0 Å². The molecular weight excluding hydrogens is 435 g/mol. The monoisotopic (exact) mass is 468 g/mol. The van der Waals surface area contributed by atoms with Gasteiger partial charge in [0.1, 0.15) is 7.14 Å². The van der Waals surface area contributed by atoms with E-state index in [1.54, 1.807) is 0 Å². The first-order valence-corrected chi connectivity index (χ1v) is 13.1. The van der Waals surface area contributed by atoms with Gasteiger partial charge in [0.15, 0.2) is 0 Å². The molecule has 0 aliphatic carbocycles. The minimum Gasteiger partial charge on any atom is -0.396 e. The van der Waals surface area contributed by atoms with Crippen molar-refractivity contribution < 1.29 is 24.6 Å². The average Bonchev–Trinajstić information content (AvgIpc) is 2.88. The minimum absolute atomic E-state index is 0.0797. The van der Waals surface area contributed by atoms with Gasteiger partial charge in [-0.1, -0.05) is 91.0 Å². The molecule has 0 unspecified atom stereocenters. The lowest BCUT2D eigenvalue weighted by molar-refractivity contribution is 0.00230. The molecule has 3 atom stereocenters. The topological polar surface area (TPSA) is 87.0 Å². The van der Waals surface area contributed by atoms with E-state index in [2.05, 4.69) is 0 Å². The SMILES string of the molecule is O=P(c1ccccc1)(c1ccccc1)[C@H](CCOCc1ccccc1)[C@@H](O)[C@H](O)CCCO. The molecule has 33 heavy (non-hydrogen) atoms. The maximum atomic E-state index is 14.8. The lowest BCUT2D eigenvalue weighted by Crippen LogP contribution is -2.42. The standard InChI is InChI=1S/C27H33O5P/c28-19-10-17-25(29)27(30)26(18-20-32-21-22-11-4-1-5-12-22)33(31,23-13-6-2-7-14-23)24-15-8-3-9-16-24/h1-9,11-16,25-30H,10,17-21H2/t25-,26-,27+/m1/s1. The van der Waals surface area contributed by atoms with Crippen molar-refractivity contribution in [3.8, 4) is 0 Å². The Morgan fingerprint density at radius 2 is 1.27 bits per heavy atom. The summed E-state index contributed by atoms with van der Waals surface area (Å²) >= 11 is 0. The Labute approximate surface area is 196 Å². The van der Waals surface area contributed by atoms with Crippen LogP contribution >= 0.6 is 7.14 Å². The van der Waals surface area contributed by atoms with Crippen molar-refractivity contribution in [1.29, 1.82) is 0 Å². The highest BCUT2D eigenvalue weighted by Crippen LogP contribution is 2.52. The Hall–Kier alpha value is -2.27. The normalized spacial score (nSPS) is 14.5. The molecule has 0 aliphatic heterocycles. The molecule has 0 bridgehead atoms. The second kappa shape index (κ2) is 12.8. The predicted molar refractivity (Wildman–Crippen MR) is 133 cm³/mol. The maximum absolute atomic E-state index is 14.8. The molecule has 0 saturated carbocycles. The Balaban J connectivity index is 1.91. The van der Waals surface area contributed by atoms with Crippen molar-refractivity contribution in [3.63, 3.8) is 0 Å². The van der Waals surface area contributed by atoms with Gasteiger partial charge in [-0.05, 0) is 24.8 Å². The fourth-order valence-corrected chi connectivity index (χ4v) is 7.49. The van der Waals surface area contributed by atoms with E-state index in [0.29, 0.717) is 30.1 Å². The Kier molecular flexibility index (Phi) is 9.86. The second-order valence-electron chi connectivity index (χ2n) is 8.15. The number of hydrogen-bond donors (Lipinski definition) is 3. The highest BCUT2D eigenvalue weighted by Gasteiger charge is 2.42. The molecule has 3 rings (SSSR count). The number of aliphatic hydroxyl groups excluding tert-OH is 3. The van der Waals surface area contributed by atoms with E-state index in [4.69, 9.17) is 9.84 Å². The van der Waals surface area contributed by atoms with Gasteiger partial charge in [0.25, 0.3) is 0 Å². The number of ether oxygens (including phenoxy) is 1. The van der Waals surface area contributed by atoms with Crippen LogP contribution in [0.15, 0.2) is 91.0 Å². The first kappa shape index (κ1) is 25.4. The fraction of sp³-hybridized carbons (Fsp3) is 0.333. The van der Waals surface area contributed by atoms with Crippen molar-refractivity contribution in [1.82, 2.24) is 0 Å². The summed E-state index contributed by atoms with van der Waals surface area (Å²) in [5.74, 6) is 0. The molecule has 0 aromatic heterocycles. The molecule has 3 aromatic carbocycles. The van der Waals surface area contributed by atoms with Gasteiger partial charge in [-0.25, -0.2) is 0 Å². The number of benzene rings is 3. The van der Waals surface area contributed by atoms with Crippen molar-refractivity contribution in [2.24, 2.45) is 0 Å². The Bertz CT molecular complexity index is 938. The number of rotatable bonds is 13. The largest absolute Gasteiger partial charge is 0.396 e. The molecule has 0 heterocycles. The van der Waals surface area contributed by atoms with Crippen LogP contribution in [0.5, 0.6) is 0 Å². The van der Waals surface area contributed by atoms with Crippen LogP contribution in [-0.2, 0) is 15.9 Å². The highest BCUT2D eigenvalue weighted by molar-refractivity contribution is 7.79. The van der Waals surface area contributed by atoms with E-state index in [-0.39, 0.29) is 19.6 Å². The first-order valence-electron chi connectivity index (χ1n) is 11.4. The summed E-state index contributed by atoms with van der Waals surface area (Å²) in [6.45, 7) is 0.619. The smallest absolute Gasteiger partial charge is 0.148 e. The molecule has 5 nitrogen and oxygen atoms in total. The quantitative estimate of drug-likeness (QED) is 0.264. The third-order valence-corrected chi connectivity index (χ3v) is 9.49. The molecular formula is C27H33O5P. The van der Waals surface area contributed by atoms with Crippen molar-refractivity contribution in [2.75, 3.05) is 13.2 Å². The third-order valence-electron chi connectivity index (χ3n) is 5.86. The molecule has 0 fully saturated rings. The van der Waals surface area contributed by atoms with Crippen molar-refractivity contribution in [2.45, 2.75) is 43.7 Å². The Morgan fingerprint density at radius 3 is 1.79 bits per heavy atom. The van der Waals surface area contributed by atoms with Crippen LogP contribution in [0.4, 0.5) is 0 Å². The summed E-state index contributed by atoms with van der Waals surface area (Å²) in [4.78, 5) is 0. The van der Waals surface area contributed by atoms with E-state index in [0.717, 1.165) is 5.56 Å². The summed E-state index contributed by atoms with van der Waals surface area (Å²) in [7, 11) is -3.34. The van der Waals surface area contributed by atoms with E-state index in [9.17, 15) is 14.8 Å². The summed E-state index contributed by atoms with van der Waals surface area (Å²) in [6, 6.07) is 28.1. The summed E-state index contributed by atoms with van der Waals surface area (Å²) < 4.78 is 20.7. The van der Waals surface area contributed by atoms with Crippen LogP contribution in [0.1, 0.15) is 24.8 Å². The maximum Gasteiger partial charge on any atom is 0.148 e. The van der Waals surface area contributed by atoms with Crippen LogP contribution in [0, 0.1) is 0 Å². The van der Waals surface area contributed by atoms with Gasteiger partial charge in [-0.3, -0.25) is 0 Å². The average molecular weight is 469 g/mol. The molecule has 176 valence electrons. The van der Waals surface area contributed by atoms with Crippen LogP contribution in [0.2, 0.25) is 0 Å². The minimum atomic E-state index is -3.34. The van der Waals surface area contributed by atoms with Gasteiger partial charge >= 0.3 is 0 Å². The first-order chi connectivity index (χ1) is 16.1. The third kappa shape index (κ3) is 6.63. The zero-order valence-corrected chi connectivity index (χ0v) is 19.6. The van der Waals surface area contributed by atoms with Gasteiger partial charge in [0.2, 0.25) is 0 Å². The second-order valence-corrected chi connectivity index (χ2v) is 11.2. The van der Waals surface area contributed by atoms with Crippen molar-refractivity contribution in [3.05, 3.63) is 96.6 Å². The van der Waals surface area contributed by atoms with Crippen LogP contribution in [0.25, 0.3) is 0 Å². The molecule has 6 heteroatoms. The van der Waals surface area contributed by atoms with Gasteiger partial charge in [0.05, 0.1) is 24.5 Å². The highest BCUT2D eigenvalue weighted by atomic mass is 31.2. The van der Waals surface area contributed by atoms with Gasteiger partial charge < -0.3 is 24.6 Å². The summed E-state index contributed by atoms with van der Waals surface area (Å²) in [6.07, 6.45) is -1.44. The molecule has 3 aromatic rings. The van der Waals surface area contributed by atoms with E-state index in [1.807, 2.05) is 91.0 Å². The van der Waals surface area contributed by atoms with Crippen LogP contribution < -0.4 is 10.6 Å². The zero-order valence-electron chi connectivity index (χ0n) is 18.7. The van der Waals surface area contributed by atoms with Gasteiger partial charge in [-0.2, -0.15) is 0 Å².